The molecule has 0 saturated carbocycles. The number of fused-ring (bicyclic) bond motifs is 1. The fourth-order valence-corrected chi connectivity index (χ4v) is 5.21. The average molecular weight is 566 g/mol. The normalized spacial score (nSPS) is 19.8. The first-order valence-corrected chi connectivity index (χ1v) is 11.7. The van der Waals surface area contributed by atoms with E-state index in [1.165, 1.54) is 18.6 Å². The second kappa shape index (κ2) is 11.3. The van der Waals surface area contributed by atoms with E-state index in [0.717, 1.165) is 34.1 Å². The molecule has 2 aromatic heterocycles. The van der Waals surface area contributed by atoms with Gasteiger partial charge < -0.3 is 30.3 Å². The number of carbonyl (C=O) groups excluding carboxylic acids is 3. The maximum absolute atomic E-state index is 12.8. The van der Waals surface area contributed by atoms with Crippen molar-refractivity contribution in [1.29, 1.82) is 0 Å². The van der Waals surface area contributed by atoms with Gasteiger partial charge in [0.25, 0.3) is 11.8 Å². The summed E-state index contributed by atoms with van der Waals surface area (Å²) >= 11 is 2.19. The number of aliphatic carboxylic acids is 1. The van der Waals surface area contributed by atoms with Crippen molar-refractivity contribution in [2.75, 3.05) is 18.6 Å². The van der Waals surface area contributed by atoms with Gasteiger partial charge in [0.2, 0.25) is 0 Å². The van der Waals surface area contributed by atoms with Gasteiger partial charge in [-0.25, -0.2) is 4.98 Å². The smallest absolute Gasteiger partial charge is 0.543 e. The van der Waals surface area contributed by atoms with Crippen molar-refractivity contribution in [3.63, 3.8) is 0 Å². The number of nitrogens with zero attached hydrogens (tertiary/aromatic N) is 4. The van der Waals surface area contributed by atoms with Crippen molar-refractivity contribution >= 4 is 57.8 Å². The van der Waals surface area contributed by atoms with E-state index in [0.29, 0.717) is 6.07 Å². The molecule has 0 radical (unpaired) electrons. The van der Waals surface area contributed by atoms with Gasteiger partial charge in [0.1, 0.15) is 24.2 Å². The van der Waals surface area contributed by atoms with E-state index in [9.17, 15) is 32.7 Å². The standard InChI is InChI=1S/C19H15F3N6O6S2.Na/c1-33-27-11(9-6-36-18(23)24-9)14(29)25-12-15(30)28-13(17(31)32)7(5-35-16(12)28)2-3-8-4-10(26-34-8)19(20,21)22;/h2-4,6,12,16H,5H2,1H3,(H2,23,24)(H,25,29)(H,31,32);/q;+1/p-1/b3-2-,27-11-;/t12-,16-;/m1./s1. The van der Waals surface area contributed by atoms with Crippen LogP contribution in [0.25, 0.3) is 6.08 Å². The van der Waals surface area contributed by atoms with Crippen LogP contribution in [0.1, 0.15) is 17.1 Å². The number of carboxylic acids is 1. The zero-order chi connectivity index (χ0) is 26.2. The number of nitrogens with two attached hydrogens (primary N) is 1. The summed E-state index contributed by atoms with van der Waals surface area (Å²) in [6.07, 6.45) is -2.41. The predicted octanol–water partition coefficient (Wildman–Crippen LogP) is -2.80. The van der Waals surface area contributed by atoms with Gasteiger partial charge in [-0.3, -0.25) is 14.5 Å². The number of thioether (sulfide) groups is 1. The monoisotopic (exact) mass is 566 g/mol. The number of β-lactam (4-membered cyclic amide) rings is 1. The van der Waals surface area contributed by atoms with E-state index in [-0.39, 0.29) is 63.2 Å². The molecule has 0 bridgehead atoms. The molecule has 2 aliphatic rings. The number of alkyl halides is 3. The second-order valence-electron chi connectivity index (χ2n) is 7.16. The van der Waals surface area contributed by atoms with Gasteiger partial charge in [-0.15, -0.1) is 23.1 Å². The first kappa shape index (κ1) is 28.7. The summed E-state index contributed by atoms with van der Waals surface area (Å²) in [7, 11) is 1.21. The molecular formula is C19H14F3N6NaO6S2. The number of allylic oxidation sites excluding steroid dienone is 1. The maximum Gasteiger partial charge on any atom is 1.00 e. The molecule has 0 unspecified atom stereocenters. The zero-order valence-corrected chi connectivity index (χ0v) is 22.6. The molecule has 18 heteroatoms. The Labute approximate surface area is 236 Å². The van der Waals surface area contributed by atoms with Crippen molar-refractivity contribution < 1.29 is 71.6 Å². The molecule has 2 amide bonds. The summed E-state index contributed by atoms with van der Waals surface area (Å²) in [5.41, 5.74) is 3.85. The SMILES string of the molecule is CO/N=C(\C(=O)N[C@@H]1C(=O)N2C(C(=O)[O-])=C(/C=C\c3cc(C(F)(F)F)no3)CS[C@H]12)c1csc(N)n1.[Na+]. The minimum Gasteiger partial charge on any atom is -0.543 e. The number of oxime groups is 1. The van der Waals surface area contributed by atoms with Crippen LogP contribution in [-0.2, 0) is 25.4 Å². The molecule has 0 aliphatic carbocycles. The Morgan fingerprint density at radius 3 is 2.70 bits per heavy atom. The molecule has 190 valence electrons. The van der Waals surface area contributed by atoms with E-state index in [4.69, 9.17) is 5.73 Å². The van der Waals surface area contributed by atoms with Crippen molar-refractivity contribution in [1.82, 2.24) is 20.4 Å². The summed E-state index contributed by atoms with van der Waals surface area (Å²) in [6, 6.07) is -0.451. The average Bonchev–Trinajstić information content (AvgIpc) is 3.47. The number of nitrogens with one attached hydrogen (secondary N) is 1. The molecule has 37 heavy (non-hydrogen) atoms. The van der Waals surface area contributed by atoms with Crippen LogP contribution in [-0.4, -0.2) is 62.8 Å². The van der Waals surface area contributed by atoms with E-state index < -0.39 is 46.8 Å². The van der Waals surface area contributed by atoms with Gasteiger partial charge in [-0.1, -0.05) is 16.4 Å². The number of anilines is 1. The molecular weight excluding hydrogens is 552 g/mol. The fraction of sp³-hybridized carbons (Fsp3) is 0.263. The minimum absolute atomic E-state index is 0. The Hall–Kier alpha value is -2.86. The van der Waals surface area contributed by atoms with Crippen molar-refractivity contribution in [3.05, 3.63) is 45.9 Å². The zero-order valence-electron chi connectivity index (χ0n) is 18.9. The summed E-state index contributed by atoms with van der Waals surface area (Å²) in [4.78, 5) is 46.9. The third-order valence-electron chi connectivity index (χ3n) is 4.91. The fourth-order valence-electron chi connectivity index (χ4n) is 3.35. The third kappa shape index (κ3) is 5.85. The van der Waals surface area contributed by atoms with Gasteiger partial charge in [0, 0.05) is 17.2 Å². The van der Waals surface area contributed by atoms with Gasteiger partial charge in [0.05, 0.1) is 11.7 Å². The molecule has 4 heterocycles. The van der Waals surface area contributed by atoms with Crippen LogP contribution in [0.5, 0.6) is 0 Å². The Kier molecular flexibility index (Phi) is 8.74. The van der Waals surface area contributed by atoms with Gasteiger partial charge in [-0.2, -0.15) is 13.2 Å². The number of halogens is 3. The number of nitrogen functional groups attached to an aromatic ring is 1. The van der Waals surface area contributed by atoms with Crippen LogP contribution in [0.2, 0.25) is 0 Å². The van der Waals surface area contributed by atoms with Crippen LogP contribution in [0.3, 0.4) is 0 Å². The number of carboxylic acid groups (broad SMARTS) is 1. The van der Waals surface area contributed by atoms with E-state index in [2.05, 4.69) is 30.0 Å². The Balaban J connectivity index is 0.00000380. The summed E-state index contributed by atoms with van der Waals surface area (Å²) in [5.74, 6) is -3.43. The van der Waals surface area contributed by atoms with Crippen molar-refractivity contribution in [2.45, 2.75) is 17.6 Å². The van der Waals surface area contributed by atoms with Gasteiger partial charge >= 0.3 is 35.7 Å². The van der Waals surface area contributed by atoms with E-state index in [1.807, 2.05) is 0 Å². The van der Waals surface area contributed by atoms with Crippen molar-refractivity contribution in [3.8, 4) is 0 Å². The second-order valence-corrected chi connectivity index (χ2v) is 9.16. The Morgan fingerprint density at radius 1 is 1.41 bits per heavy atom. The minimum atomic E-state index is -4.71. The molecule has 3 N–H and O–H groups in total. The first-order chi connectivity index (χ1) is 17.0. The van der Waals surface area contributed by atoms with Crippen LogP contribution in [0.15, 0.2) is 38.5 Å². The largest absolute Gasteiger partial charge is 1.00 e. The molecule has 0 aromatic carbocycles. The predicted molar refractivity (Wildman–Crippen MR) is 118 cm³/mol. The number of hydrogen-bond donors (Lipinski definition) is 2. The van der Waals surface area contributed by atoms with Crippen LogP contribution in [0, 0.1) is 0 Å². The molecule has 0 spiro atoms. The van der Waals surface area contributed by atoms with Crippen LogP contribution in [0.4, 0.5) is 18.3 Å². The molecule has 1 saturated heterocycles. The quantitative estimate of drug-likeness (QED) is 0.154. The molecule has 2 aliphatic heterocycles. The topological polar surface area (TPSA) is 176 Å². The number of aromatic nitrogens is 2. The number of hydrogen-bond acceptors (Lipinski definition) is 12. The molecule has 2 atom stereocenters. The van der Waals surface area contributed by atoms with Gasteiger partial charge in [-0.05, 0) is 11.6 Å². The Bertz CT molecular complexity index is 1320. The molecule has 2 aromatic rings. The number of carbonyl (C=O) groups is 3. The van der Waals surface area contributed by atoms with Crippen molar-refractivity contribution in [2.24, 2.45) is 5.16 Å². The Morgan fingerprint density at radius 2 is 2.14 bits per heavy atom. The number of amides is 2. The summed E-state index contributed by atoms with van der Waals surface area (Å²) < 4.78 is 42.6. The van der Waals surface area contributed by atoms with Crippen LogP contribution >= 0.6 is 23.1 Å². The van der Waals surface area contributed by atoms with E-state index >= 15 is 0 Å². The summed E-state index contributed by atoms with van der Waals surface area (Å²) in [6.45, 7) is 0. The van der Waals surface area contributed by atoms with Gasteiger partial charge in [0.15, 0.2) is 22.3 Å². The number of thiazole rings is 1. The third-order valence-corrected chi connectivity index (χ3v) is 6.88. The van der Waals surface area contributed by atoms with Crippen LogP contribution < -0.4 is 45.7 Å². The molecule has 4 rings (SSSR count). The van der Waals surface area contributed by atoms with E-state index in [1.54, 1.807) is 0 Å². The first-order valence-electron chi connectivity index (χ1n) is 9.75. The summed E-state index contributed by atoms with van der Waals surface area (Å²) in [5, 5.41) is 21.7. The molecule has 1 fully saturated rings. The number of rotatable bonds is 7. The maximum atomic E-state index is 12.8. The molecule has 12 nitrogen and oxygen atoms in total.